The molecule has 0 saturated carbocycles. The van der Waals surface area contributed by atoms with Gasteiger partial charge in [0.25, 0.3) is 0 Å². The van der Waals surface area contributed by atoms with Crippen molar-refractivity contribution in [3.8, 4) is 11.1 Å². The first-order chi connectivity index (χ1) is 12.9. The molecule has 0 saturated heterocycles. The van der Waals surface area contributed by atoms with Crippen molar-refractivity contribution in [2.24, 2.45) is 0 Å². The van der Waals surface area contributed by atoms with Gasteiger partial charge in [0.1, 0.15) is 11.5 Å². The summed E-state index contributed by atoms with van der Waals surface area (Å²) in [7, 11) is 0. The Kier molecular flexibility index (Phi) is 5.19. The highest BCUT2D eigenvalue weighted by Gasteiger charge is 2.46. The highest BCUT2D eigenvalue weighted by Crippen LogP contribution is 2.49. The van der Waals surface area contributed by atoms with Gasteiger partial charge in [0.05, 0.1) is 12.0 Å². The second-order valence-electron chi connectivity index (χ2n) is 8.56. The number of nitrogens with zero attached hydrogens (tertiary/aromatic N) is 1. The molecule has 1 aliphatic rings. The quantitative estimate of drug-likeness (QED) is 0.716. The van der Waals surface area contributed by atoms with Gasteiger partial charge in [-0.25, -0.2) is 4.98 Å². The average molecular weight is 403 g/mol. The predicted octanol–water partition coefficient (Wildman–Crippen LogP) is 5.40. The standard InChI is InChI=1S/C22H27ClN2O3/c1-12-18-19(14-7-9-15(23)10-8-14)16(11-17(26)27)13(2)24-20(18)25-22(12,6)28-21(3,4)5/h7-10,12H,11H2,1-6H3,(H,24,25)(H,26,27)/t12-,22-/m0/s1. The zero-order chi connectivity index (χ0) is 20.9. The van der Waals surface area contributed by atoms with Crippen LogP contribution in [-0.4, -0.2) is 27.4 Å². The van der Waals surface area contributed by atoms with Gasteiger partial charge < -0.3 is 15.2 Å². The maximum Gasteiger partial charge on any atom is 0.307 e. The van der Waals surface area contributed by atoms with Crippen molar-refractivity contribution in [2.45, 2.75) is 65.2 Å². The van der Waals surface area contributed by atoms with Gasteiger partial charge in [0, 0.05) is 22.2 Å². The molecule has 0 bridgehead atoms. The van der Waals surface area contributed by atoms with Crippen molar-refractivity contribution in [3.05, 3.63) is 46.1 Å². The van der Waals surface area contributed by atoms with Crippen LogP contribution >= 0.6 is 11.6 Å². The Morgan fingerprint density at radius 3 is 2.46 bits per heavy atom. The smallest absolute Gasteiger partial charge is 0.307 e. The Hall–Kier alpha value is -2.11. The fourth-order valence-electron chi connectivity index (χ4n) is 3.96. The lowest BCUT2D eigenvalue weighted by atomic mass is 9.85. The number of benzene rings is 1. The van der Waals surface area contributed by atoms with Crippen molar-refractivity contribution < 1.29 is 14.6 Å². The van der Waals surface area contributed by atoms with Crippen LogP contribution in [0, 0.1) is 6.92 Å². The van der Waals surface area contributed by atoms with Crippen LogP contribution in [0.1, 0.15) is 57.4 Å². The summed E-state index contributed by atoms with van der Waals surface area (Å²) in [6.45, 7) is 12.0. The number of hydrogen-bond donors (Lipinski definition) is 2. The predicted molar refractivity (Wildman–Crippen MR) is 112 cm³/mol. The fraction of sp³-hybridized carbons (Fsp3) is 0.455. The highest BCUT2D eigenvalue weighted by molar-refractivity contribution is 6.30. The molecule has 28 heavy (non-hydrogen) atoms. The number of nitrogens with one attached hydrogen (secondary N) is 1. The van der Waals surface area contributed by atoms with E-state index in [0.717, 1.165) is 28.1 Å². The number of pyridine rings is 1. The third kappa shape index (κ3) is 3.87. The van der Waals surface area contributed by atoms with Gasteiger partial charge in [-0.2, -0.15) is 0 Å². The van der Waals surface area contributed by atoms with Crippen LogP contribution in [0.4, 0.5) is 5.82 Å². The molecule has 1 aromatic carbocycles. The van der Waals surface area contributed by atoms with Crippen LogP contribution in [0.3, 0.4) is 0 Å². The lowest BCUT2D eigenvalue weighted by Gasteiger charge is -2.37. The molecule has 6 heteroatoms. The zero-order valence-electron chi connectivity index (χ0n) is 17.2. The number of aryl methyl sites for hydroxylation is 1. The minimum atomic E-state index is -0.882. The van der Waals surface area contributed by atoms with E-state index in [1.165, 1.54) is 0 Å². The SMILES string of the molecule is Cc1nc2c(c(-c3ccc(Cl)cc3)c1CC(=O)O)[C@H](C)[C@](C)(OC(C)(C)C)N2. The van der Waals surface area contributed by atoms with Crippen molar-refractivity contribution in [1.29, 1.82) is 0 Å². The first-order valence-electron chi connectivity index (χ1n) is 9.41. The number of carboxylic acids is 1. The number of aliphatic carboxylic acids is 1. The normalized spacial score (nSPS) is 21.3. The molecule has 2 N–H and O–H groups in total. The molecule has 0 amide bonds. The molecule has 0 aliphatic carbocycles. The fourth-order valence-corrected chi connectivity index (χ4v) is 4.08. The number of anilines is 1. The van der Waals surface area contributed by atoms with Crippen molar-refractivity contribution >= 4 is 23.4 Å². The first kappa shape index (κ1) is 20.6. The van der Waals surface area contributed by atoms with Gasteiger partial charge in [-0.05, 0) is 63.4 Å². The minimum absolute atomic E-state index is 0.0342. The van der Waals surface area contributed by atoms with Crippen LogP contribution in [0.25, 0.3) is 11.1 Å². The molecular weight excluding hydrogens is 376 g/mol. The van der Waals surface area contributed by atoms with Gasteiger partial charge >= 0.3 is 5.97 Å². The number of halogens is 1. The van der Waals surface area contributed by atoms with Crippen LogP contribution < -0.4 is 5.32 Å². The Bertz CT molecular complexity index is 919. The van der Waals surface area contributed by atoms with Gasteiger partial charge in [0.15, 0.2) is 0 Å². The third-order valence-electron chi connectivity index (χ3n) is 5.15. The van der Waals surface area contributed by atoms with E-state index in [2.05, 4.69) is 12.2 Å². The molecule has 1 aliphatic heterocycles. The maximum atomic E-state index is 11.6. The van der Waals surface area contributed by atoms with Gasteiger partial charge in [-0.3, -0.25) is 4.79 Å². The third-order valence-corrected chi connectivity index (χ3v) is 5.40. The van der Waals surface area contributed by atoms with E-state index in [0.29, 0.717) is 10.7 Å². The van der Waals surface area contributed by atoms with Crippen LogP contribution in [0.2, 0.25) is 5.02 Å². The highest BCUT2D eigenvalue weighted by atomic mass is 35.5. The van der Waals surface area contributed by atoms with E-state index >= 15 is 0 Å². The molecule has 0 spiro atoms. The largest absolute Gasteiger partial charge is 0.481 e. The number of carboxylic acid groups (broad SMARTS) is 1. The Labute approximate surface area is 171 Å². The summed E-state index contributed by atoms with van der Waals surface area (Å²) in [6, 6.07) is 7.49. The van der Waals surface area contributed by atoms with Crippen molar-refractivity contribution in [1.82, 2.24) is 4.98 Å². The summed E-state index contributed by atoms with van der Waals surface area (Å²) in [5, 5.41) is 13.6. The van der Waals surface area contributed by atoms with E-state index in [1.54, 1.807) is 0 Å². The summed E-state index contributed by atoms with van der Waals surface area (Å²) in [6.07, 6.45) is -0.0896. The van der Waals surface area contributed by atoms with E-state index < -0.39 is 11.7 Å². The van der Waals surface area contributed by atoms with Gasteiger partial charge in [0.2, 0.25) is 0 Å². The number of aromatic nitrogens is 1. The van der Waals surface area contributed by atoms with Gasteiger partial charge in [-0.15, -0.1) is 0 Å². The van der Waals surface area contributed by atoms with Crippen LogP contribution in [-0.2, 0) is 16.0 Å². The Morgan fingerprint density at radius 2 is 1.93 bits per heavy atom. The molecule has 5 nitrogen and oxygen atoms in total. The second kappa shape index (κ2) is 7.05. The minimum Gasteiger partial charge on any atom is -0.481 e. The summed E-state index contributed by atoms with van der Waals surface area (Å²) in [5.74, 6) is -0.170. The topological polar surface area (TPSA) is 71.5 Å². The van der Waals surface area contributed by atoms with Gasteiger partial charge in [-0.1, -0.05) is 30.7 Å². The lowest BCUT2D eigenvalue weighted by Crippen LogP contribution is -2.44. The number of rotatable bonds is 4. The first-order valence-corrected chi connectivity index (χ1v) is 9.78. The summed E-state index contributed by atoms with van der Waals surface area (Å²) in [5.41, 5.74) is 3.24. The lowest BCUT2D eigenvalue weighted by molar-refractivity contribution is -0.136. The molecule has 0 fully saturated rings. The molecule has 1 aromatic heterocycles. The zero-order valence-corrected chi connectivity index (χ0v) is 17.9. The van der Waals surface area contributed by atoms with Crippen LogP contribution in [0.15, 0.2) is 24.3 Å². The van der Waals surface area contributed by atoms with E-state index in [-0.39, 0.29) is 17.9 Å². The van der Waals surface area contributed by atoms with Crippen molar-refractivity contribution in [3.63, 3.8) is 0 Å². The molecule has 0 unspecified atom stereocenters. The number of fused-ring (bicyclic) bond motifs is 1. The summed E-state index contributed by atoms with van der Waals surface area (Å²) < 4.78 is 6.36. The average Bonchev–Trinajstić information content (AvgIpc) is 2.77. The molecule has 3 rings (SSSR count). The number of carbonyl (C=O) groups is 1. The molecular formula is C22H27ClN2O3. The van der Waals surface area contributed by atoms with Crippen LogP contribution in [0.5, 0.6) is 0 Å². The second-order valence-corrected chi connectivity index (χ2v) is 9.00. The number of ether oxygens (including phenoxy) is 1. The molecule has 2 heterocycles. The Balaban J connectivity index is 2.24. The molecule has 2 aromatic rings. The maximum absolute atomic E-state index is 11.6. The molecule has 2 atom stereocenters. The van der Waals surface area contributed by atoms with E-state index in [4.69, 9.17) is 21.3 Å². The number of hydrogen-bond acceptors (Lipinski definition) is 4. The molecule has 150 valence electrons. The molecule has 0 radical (unpaired) electrons. The summed E-state index contributed by atoms with van der Waals surface area (Å²) in [4.78, 5) is 16.3. The van der Waals surface area contributed by atoms with E-state index in [1.807, 2.05) is 58.9 Å². The summed E-state index contributed by atoms with van der Waals surface area (Å²) >= 11 is 6.08. The monoisotopic (exact) mass is 402 g/mol. The van der Waals surface area contributed by atoms with E-state index in [9.17, 15) is 9.90 Å². The Morgan fingerprint density at radius 1 is 1.32 bits per heavy atom. The van der Waals surface area contributed by atoms with Crippen molar-refractivity contribution in [2.75, 3.05) is 5.32 Å².